The zero-order valence-corrected chi connectivity index (χ0v) is 16.6. The highest BCUT2D eigenvalue weighted by atomic mass is 32.1. The van der Waals surface area contributed by atoms with E-state index in [-0.39, 0.29) is 11.9 Å². The number of piperidine rings is 3. The van der Waals surface area contributed by atoms with Crippen LogP contribution in [0, 0.1) is 5.92 Å². The molecule has 4 aliphatic rings. The number of piperazine rings is 1. The average molecular weight is 386 g/mol. The van der Waals surface area contributed by atoms with E-state index in [0.29, 0.717) is 17.7 Å². The van der Waals surface area contributed by atoms with Gasteiger partial charge in [-0.15, -0.1) is 11.3 Å². The topological polar surface area (TPSA) is 60.5 Å². The number of fused-ring (bicyclic) bond motifs is 4. The average Bonchev–Trinajstić information content (AvgIpc) is 3.15. The second-order valence-corrected chi connectivity index (χ2v) is 8.95. The Morgan fingerprint density at radius 1 is 1.26 bits per heavy atom. The third-order valence-corrected chi connectivity index (χ3v) is 7.53. The van der Waals surface area contributed by atoms with Crippen LogP contribution in [0.3, 0.4) is 0 Å². The van der Waals surface area contributed by atoms with E-state index in [0.717, 1.165) is 36.3 Å². The molecule has 0 saturated carbocycles. The first-order valence-corrected chi connectivity index (χ1v) is 11.0. The molecule has 0 aliphatic carbocycles. The highest BCUT2D eigenvalue weighted by molar-refractivity contribution is 7.17. The van der Waals surface area contributed by atoms with Gasteiger partial charge in [0.1, 0.15) is 5.69 Å². The highest BCUT2D eigenvalue weighted by Crippen LogP contribution is 2.34. The Labute approximate surface area is 163 Å². The summed E-state index contributed by atoms with van der Waals surface area (Å²) < 4.78 is 1.15. The monoisotopic (exact) mass is 385 g/mol. The van der Waals surface area contributed by atoms with Gasteiger partial charge in [-0.2, -0.15) is 0 Å². The number of hydrogen-bond acceptors (Lipinski definition) is 6. The molecule has 0 aromatic carbocycles. The Hall–Kier alpha value is -1.70. The van der Waals surface area contributed by atoms with E-state index in [2.05, 4.69) is 37.7 Å². The molecule has 7 heteroatoms. The molecule has 2 atom stereocenters. The molecule has 6 heterocycles. The van der Waals surface area contributed by atoms with Crippen LogP contribution in [0.15, 0.2) is 17.6 Å². The van der Waals surface area contributed by atoms with Crippen molar-refractivity contribution in [3.63, 3.8) is 0 Å². The Bertz CT molecular complexity index is 836. The zero-order chi connectivity index (χ0) is 18.4. The SMILES string of the molecule is C[C@@H]1[C@H](NC(=O)c2cc3c(N4CCNCC4)csc3cn2)C2CCN1CC2. The van der Waals surface area contributed by atoms with Gasteiger partial charge in [-0.3, -0.25) is 9.69 Å². The van der Waals surface area contributed by atoms with Crippen molar-refractivity contribution < 1.29 is 4.79 Å². The summed E-state index contributed by atoms with van der Waals surface area (Å²) in [5.74, 6) is 0.579. The molecule has 2 aromatic heterocycles. The maximum atomic E-state index is 13.0. The second-order valence-electron chi connectivity index (χ2n) is 8.04. The fourth-order valence-corrected chi connectivity index (χ4v) is 5.88. The first kappa shape index (κ1) is 17.4. The van der Waals surface area contributed by atoms with E-state index in [1.165, 1.54) is 31.6 Å². The van der Waals surface area contributed by atoms with Gasteiger partial charge in [-0.05, 0) is 44.8 Å². The maximum absolute atomic E-state index is 13.0. The predicted molar refractivity (Wildman–Crippen MR) is 110 cm³/mol. The van der Waals surface area contributed by atoms with E-state index >= 15 is 0 Å². The van der Waals surface area contributed by atoms with E-state index < -0.39 is 0 Å². The van der Waals surface area contributed by atoms with Gasteiger partial charge in [0.15, 0.2) is 0 Å². The van der Waals surface area contributed by atoms with Crippen LogP contribution in [0.25, 0.3) is 10.1 Å². The van der Waals surface area contributed by atoms with Crippen LogP contribution in [0.1, 0.15) is 30.3 Å². The summed E-state index contributed by atoms with van der Waals surface area (Å²) >= 11 is 1.71. The lowest BCUT2D eigenvalue weighted by atomic mass is 9.79. The number of nitrogens with zero attached hydrogens (tertiary/aromatic N) is 3. The summed E-state index contributed by atoms with van der Waals surface area (Å²) in [6.07, 6.45) is 4.25. The molecule has 0 unspecified atom stereocenters. The lowest BCUT2D eigenvalue weighted by Crippen LogP contribution is -2.62. The van der Waals surface area contributed by atoms with E-state index in [1.54, 1.807) is 11.3 Å². The van der Waals surface area contributed by atoms with Crippen LogP contribution in [-0.2, 0) is 0 Å². The molecule has 2 aromatic rings. The largest absolute Gasteiger partial charge is 0.368 e. The van der Waals surface area contributed by atoms with Gasteiger partial charge in [0.25, 0.3) is 5.91 Å². The van der Waals surface area contributed by atoms with E-state index in [9.17, 15) is 4.79 Å². The molecule has 1 amide bonds. The highest BCUT2D eigenvalue weighted by Gasteiger charge is 2.40. The van der Waals surface area contributed by atoms with Crippen LogP contribution in [0.2, 0.25) is 0 Å². The van der Waals surface area contributed by atoms with E-state index in [1.807, 2.05) is 12.3 Å². The van der Waals surface area contributed by atoms with Crippen LogP contribution < -0.4 is 15.5 Å². The number of hydrogen-bond donors (Lipinski definition) is 2. The lowest BCUT2D eigenvalue weighted by Gasteiger charge is -2.49. The Balaban J connectivity index is 1.38. The minimum atomic E-state index is -0.0278. The molecule has 4 saturated heterocycles. The number of amides is 1. The molecule has 0 radical (unpaired) electrons. The van der Waals surface area contributed by atoms with Crippen molar-refractivity contribution in [3.8, 4) is 0 Å². The summed E-state index contributed by atoms with van der Waals surface area (Å²) in [7, 11) is 0. The molecule has 144 valence electrons. The van der Waals surface area contributed by atoms with Crippen molar-refractivity contribution in [2.75, 3.05) is 44.2 Å². The molecule has 4 aliphatic heterocycles. The number of pyridine rings is 1. The van der Waals surface area contributed by atoms with Crippen molar-refractivity contribution >= 4 is 33.0 Å². The zero-order valence-electron chi connectivity index (χ0n) is 15.8. The lowest BCUT2D eigenvalue weighted by molar-refractivity contribution is 0.0216. The van der Waals surface area contributed by atoms with Gasteiger partial charge in [0, 0.05) is 55.2 Å². The summed E-state index contributed by atoms with van der Waals surface area (Å²) in [5, 5.41) is 10.1. The number of carbonyl (C=O) groups excluding carboxylic acids is 1. The van der Waals surface area contributed by atoms with Crippen LogP contribution in [0.4, 0.5) is 5.69 Å². The first-order chi connectivity index (χ1) is 13.2. The standard InChI is InChI=1S/C20H27N5OS/c1-13-19(14-2-6-24(13)7-3-14)23-20(26)16-10-15-17(12-27-18(15)11-22-16)25-8-4-21-5-9-25/h10-14,19,21H,2-9H2,1H3,(H,23,26)/t13-,19+/m1/s1. The Morgan fingerprint density at radius 3 is 2.78 bits per heavy atom. The quantitative estimate of drug-likeness (QED) is 0.845. The normalized spacial score (nSPS) is 30.6. The minimum absolute atomic E-state index is 0.0278. The molecule has 2 bridgehead atoms. The van der Waals surface area contributed by atoms with Crippen molar-refractivity contribution in [1.29, 1.82) is 0 Å². The third-order valence-electron chi connectivity index (χ3n) is 6.61. The molecule has 6 nitrogen and oxygen atoms in total. The van der Waals surface area contributed by atoms with Crippen molar-refractivity contribution in [2.24, 2.45) is 5.92 Å². The summed E-state index contributed by atoms with van der Waals surface area (Å²) in [6.45, 7) is 8.62. The van der Waals surface area contributed by atoms with E-state index in [4.69, 9.17) is 0 Å². The van der Waals surface area contributed by atoms with Gasteiger partial charge < -0.3 is 15.5 Å². The van der Waals surface area contributed by atoms with Crippen LogP contribution in [0.5, 0.6) is 0 Å². The fraction of sp³-hybridized carbons (Fsp3) is 0.600. The summed E-state index contributed by atoms with van der Waals surface area (Å²) in [6, 6.07) is 2.65. The number of nitrogens with one attached hydrogen (secondary N) is 2. The second kappa shape index (κ2) is 7.04. The van der Waals surface area contributed by atoms with Crippen molar-refractivity contribution in [3.05, 3.63) is 23.3 Å². The molecule has 0 spiro atoms. The first-order valence-electron chi connectivity index (χ1n) is 10.1. The Morgan fingerprint density at radius 2 is 2.04 bits per heavy atom. The molecular weight excluding hydrogens is 358 g/mol. The van der Waals surface area contributed by atoms with Gasteiger partial charge in [-0.1, -0.05) is 0 Å². The third kappa shape index (κ3) is 3.11. The predicted octanol–water partition coefficient (Wildman–Crippen LogP) is 1.92. The number of rotatable bonds is 3. The number of thiophene rings is 1. The minimum Gasteiger partial charge on any atom is -0.368 e. The molecular formula is C20H27N5OS. The molecule has 6 rings (SSSR count). The van der Waals surface area contributed by atoms with Gasteiger partial charge in [0.05, 0.1) is 10.4 Å². The van der Waals surface area contributed by atoms with Gasteiger partial charge >= 0.3 is 0 Å². The van der Waals surface area contributed by atoms with Crippen molar-refractivity contribution in [2.45, 2.75) is 31.8 Å². The van der Waals surface area contributed by atoms with Gasteiger partial charge in [0.2, 0.25) is 0 Å². The van der Waals surface area contributed by atoms with Crippen molar-refractivity contribution in [1.82, 2.24) is 20.5 Å². The number of aromatic nitrogens is 1. The molecule has 2 N–H and O–H groups in total. The smallest absolute Gasteiger partial charge is 0.270 e. The number of anilines is 1. The summed E-state index contributed by atoms with van der Waals surface area (Å²) in [4.78, 5) is 22.4. The maximum Gasteiger partial charge on any atom is 0.270 e. The van der Waals surface area contributed by atoms with Crippen LogP contribution in [-0.4, -0.2) is 67.1 Å². The Kier molecular flexibility index (Phi) is 4.53. The summed E-state index contributed by atoms with van der Waals surface area (Å²) in [5.41, 5.74) is 1.78. The molecule has 27 heavy (non-hydrogen) atoms. The fourth-order valence-electron chi connectivity index (χ4n) is 4.97. The van der Waals surface area contributed by atoms with Gasteiger partial charge in [-0.25, -0.2) is 4.98 Å². The molecule has 4 fully saturated rings. The number of carbonyl (C=O) groups is 1. The van der Waals surface area contributed by atoms with Crippen LogP contribution >= 0.6 is 11.3 Å².